The first kappa shape index (κ1) is 20.9. The van der Waals surface area contributed by atoms with E-state index in [-0.39, 0.29) is 17.4 Å². The molecule has 29 heavy (non-hydrogen) atoms. The fraction of sp³-hybridized carbons (Fsp3) is 0.346. The first-order valence-corrected chi connectivity index (χ1v) is 10.3. The van der Waals surface area contributed by atoms with Crippen LogP contribution in [0.2, 0.25) is 0 Å². The fourth-order valence-electron chi connectivity index (χ4n) is 3.44. The van der Waals surface area contributed by atoms with E-state index in [0.717, 1.165) is 22.1 Å². The lowest BCUT2D eigenvalue weighted by molar-refractivity contribution is -0.128. The number of hydrogen-bond acceptors (Lipinski definition) is 2. The first-order chi connectivity index (χ1) is 13.8. The van der Waals surface area contributed by atoms with Crippen LogP contribution in [0.5, 0.6) is 5.75 Å². The molecule has 2 atom stereocenters. The van der Waals surface area contributed by atoms with Crippen LogP contribution >= 0.6 is 0 Å². The molecule has 0 spiro atoms. The van der Waals surface area contributed by atoms with Crippen molar-refractivity contribution in [2.45, 2.75) is 58.6 Å². The largest absolute Gasteiger partial charge is 0.480 e. The van der Waals surface area contributed by atoms with Crippen molar-refractivity contribution in [1.29, 1.82) is 0 Å². The van der Waals surface area contributed by atoms with Crippen molar-refractivity contribution < 1.29 is 9.53 Å². The lowest BCUT2D eigenvalue weighted by Crippen LogP contribution is -2.39. The Balaban J connectivity index is 1.71. The Morgan fingerprint density at radius 3 is 2.28 bits per heavy atom. The van der Waals surface area contributed by atoms with Crippen molar-refractivity contribution in [2.24, 2.45) is 0 Å². The maximum absolute atomic E-state index is 12.9. The van der Waals surface area contributed by atoms with E-state index in [1.807, 2.05) is 56.3 Å². The summed E-state index contributed by atoms with van der Waals surface area (Å²) in [5, 5.41) is 5.23. The summed E-state index contributed by atoms with van der Waals surface area (Å²) in [6.45, 7) is 10.6. The van der Waals surface area contributed by atoms with Crippen LogP contribution in [0.3, 0.4) is 0 Å². The van der Waals surface area contributed by atoms with Gasteiger partial charge >= 0.3 is 0 Å². The molecule has 0 bridgehead atoms. The summed E-state index contributed by atoms with van der Waals surface area (Å²) in [4.78, 5) is 12.9. The molecule has 0 unspecified atom stereocenters. The van der Waals surface area contributed by atoms with Crippen LogP contribution in [0.15, 0.2) is 66.7 Å². The van der Waals surface area contributed by atoms with Gasteiger partial charge in [-0.3, -0.25) is 4.79 Å². The van der Waals surface area contributed by atoms with Gasteiger partial charge in [-0.25, -0.2) is 0 Å². The van der Waals surface area contributed by atoms with Gasteiger partial charge in [0, 0.05) is 5.39 Å². The van der Waals surface area contributed by atoms with E-state index in [1.54, 1.807) is 0 Å². The normalized spacial score (nSPS) is 13.7. The van der Waals surface area contributed by atoms with Crippen LogP contribution in [-0.2, 0) is 10.2 Å². The van der Waals surface area contributed by atoms with Gasteiger partial charge in [-0.05, 0) is 41.3 Å². The van der Waals surface area contributed by atoms with E-state index in [4.69, 9.17) is 4.74 Å². The first-order valence-electron chi connectivity index (χ1n) is 10.3. The summed E-state index contributed by atoms with van der Waals surface area (Å²) in [7, 11) is 0. The molecule has 0 aliphatic carbocycles. The molecule has 0 saturated carbocycles. The Labute approximate surface area is 174 Å². The third kappa shape index (κ3) is 4.97. The van der Waals surface area contributed by atoms with E-state index in [0.29, 0.717) is 6.42 Å². The van der Waals surface area contributed by atoms with Gasteiger partial charge in [-0.1, -0.05) is 88.4 Å². The Bertz CT molecular complexity index is 965. The minimum Gasteiger partial charge on any atom is -0.480 e. The third-order valence-electron chi connectivity index (χ3n) is 5.32. The molecule has 3 rings (SSSR count). The summed E-state index contributed by atoms with van der Waals surface area (Å²) < 4.78 is 6.13. The highest BCUT2D eigenvalue weighted by molar-refractivity contribution is 5.89. The van der Waals surface area contributed by atoms with Gasteiger partial charge < -0.3 is 10.1 Å². The van der Waals surface area contributed by atoms with Gasteiger partial charge in [0.05, 0.1) is 6.04 Å². The molecule has 0 saturated heterocycles. The second kappa shape index (κ2) is 8.69. The summed E-state index contributed by atoms with van der Waals surface area (Å²) in [6, 6.07) is 22.4. The molecule has 3 nitrogen and oxygen atoms in total. The van der Waals surface area contributed by atoms with Gasteiger partial charge in [0.2, 0.25) is 0 Å². The van der Waals surface area contributed by atoms with Crippen LogP contribution in [0, 0.1) is 0 Å². The molecule has 152 valence electrons. The maximum atomic E-state index is 12.9. The minimum absolute atomic E-state index is 0.0818. The molecule has 3 heteroatoms. The molecule has 0 radical (unpaired) electrons. The van der Waals surface area contributed by atoms with Crippen LogP contribution < -0.4 is 10.1 Å². The molecule has 0 aliphatic heterocycles. The number of amides is 1. The van der Waals surface area contributed by atoms with Gasteiger partial charge in [0.1, 0.15) is 5.75 Å². The Morgan fingerprint density at radius 1 is 0.966 bits per heavy atom. The minimum atomic E-state index is -0.530. The maximum Gasteiger partial charge on any atom is 0.261 e. The highest BCUT2D eigenvalue weighted by Crippen LogP contribution is 2.27. The number of nitrogens with one attached hydrogen (secondary N) is 1. The highest BCUT2D eigenvalue weighted by atomic mass is 16.5. The number of carbonyl (C=O) groups excluding carboxylic acids is 1. The average Bonchev–Trinajstić information content (AvgIpc) is 2.71. The predicted octanol–water partition coefficient (Wildman–Crippen LogP) is 6.17. The summed E-state index contributed by atoms with van der Waals surface area (Å²) in [6.07, 6.45) is 0.0715. The van der Waals surface area contributed by atoms with E-state index in [1.165, 1.54) is 5.56 Å². The Hall–Kier alpha value is -2.81. The number of ether oxygens (including phenoxy) is 1. The van der Waals surface area contributed by atoms with Crippen LogP contribution in [-0.4, -0.2) is 12.0 Å². The summed E-state index contributed by atoms with van der Waals surface area (Å²) in [5.74, 6) is 0.653. The number of benzene rings is 3. The zero-order chi connectivity index (χ0) is 21.0. The summed E-state index contributed by atoms with van der Waals surface area (Å²) >= 11 is 0. The number of hydrogen-bond donors (Lipinski definition) is 1. The Kier molecular flexibility index (Phi) is 6.26. The second-order valence-electron chi connectivity index (χ2n) is 8.59. The monoisotopic (exact) mass is 389 g/mol. The van der Waals surface area contributed by atoms with E-state index in [9.17, 15) is 4.79 Å². The Morgan fingerprint density at radius 2 is 1.62 bits per heavy atom. The van der Waals surface area contributed by atoms with Gasteiger partial charge in [0.25, 0.3) is 5.91 Å². The molecular weight excluding hydrogens is 358 g/mol. The number of rotatable bonds is 6. The highest BCUT2D eigenvalue weighted by Gasteiger charge is 2.22. The topological polar surface area (TPSA) is 38.3 Å². The predicted molar refractivity (Wildman–Crippen MR) is 120 cm³/mol. The van der Waals surface area contributed by atoms with Crippen LogP contribution in [0.4, 0.5) is 0 Å². The summed E-state index contributed by atoms with van der Waals surface area (Å²) in [5.41, 5.74) is 2.49. The smallest absolute Gasteiger partial charge is 0.261 e. The second-order valence-corrected chi connectivity index (χ2v) is 8.59. The molecular formula is C26H31NO2. The number of fused-ring (bicyclic) bond motifs is 1. The molecule has 3 aromatic rings. The van der Waals surface area contributed by atoms with Gasteiger partial charge in [-0.2, -0.15) is 0 Å². The molecule has 0 aromatic heterocycles. The van der Waals surface area contributed by atoms with E-state index in [2.05, 4.69) is 50.4 Å². The van der Waals surface area contributed by atoms with Crippen LogP contribution in [0.25, 0.3) is 10.8 Å². The molecule has 1 amide bonds. The van der Waals surface area contributed by atoms with Crippen molar-refractivity contribution in [3.8, 4) is 5.75 Å². The molecule has 0 fully saturated rings. The SMILES string of the molecule is CC[C@@H](Oc1cccc2ccccc12)C(=O)N[C@H](C)c1ccc(C(C)(C)C)cc1. The zero-order valence-corrected chi connectivity index (χ0v) is 18.0. The quantitative estimate of drug-likeness (QED) is 0.547. The van der Waals surface area contributed by atoms with Gasteiger partial charge in [0.15, 0.2) is 6.10 Å². The third-order valence-corrected chi connectivity index (χ3v) is 5.32. The number of carbonyl (C=O) groups is 1. The van der Waals surface area contributed by atoms with Gasteiger partial charge in [-0.15, -0.1) is 0 Å². The molecule has 1 N–H and O–H groups in total. The zero-order valence-electron chi connectivity index (χ0n) is 18.0. The standard InChI is InChI=1S/C26H31NO2/c1-6-23(29-24-13-9-11-20-10-7-8-12-22(20)24)25(28)27-18(2)19-14-16-21(17-15-19)26(3,4)5/h7-18,23H,6H2,1-5H3,(H,27,28)/t18-,23-/m1/s1. The molecule has 3 aromatic carbocycles. The fourth-order valence-corrected chi connectivity index (χ4v) is 3.44. The van der Waals surface area contributed by atoms with E-state index >= 15 is 0 Å². The lowest BCUT2D eigenvalue weighted by Gasteiger charge is -2.23. The van der Waals surface area contributed by atoms with Crippen molar-refractivity contribution in [1.82, 2.24) is 5.32 Å². The van der Waals surface area contributed by atoms with Crippen molar-refractivity contribution >= 4 is 16.7 Å². The molecule has 0 aliphatic rings. The average molecular weight is 390 g/mol. The lowest BCUT2D eigenvalue weighted by atomic mass is 9.86. The van der Waals surface area contributed by atoms with Crippen molar-refractivity contribution in [3.05, 3.63) is 77.9 Å². The van der Waals surface area contributed by atoms with Crippen LogP contribution in [0.1, 0.15) is 58.2 Å². The van der Waals surface area contributed by atoms with E-state index < -0.39 is 6.10 Å². The van der Waals surface area contributed by atoms with Crippen molar-refractivity contribution in [2.75, 3.05) is 0 Å². The van der Waals surface area contributed by atoms with Crippen molar-refractivity contribution in [3.63, 3.8) is 0 Å². The molecule has 0 heterocycles.